The molecule has 4 rings (SSSR count). The Kier molecular flexibility index (Phi) is 3.91. The van der Waals surface area contributed by atoms with Crippen LogP contribution in [0.25, 0.3) is 16.9 Å². The molecule has 3 aromatic rings. The summed E-state index contributed by atoms with van der Waals surface area (Å²) in [5.74, 6) is -0.00654. The first-order chi connectivity index (χ1) is 12.5. The highest BCUT2D eigenvalue weighted by atomic mass is 16.2. The number of amides is 2. The first-order valence-electron chi connectivity index (χ1n) is 8.51. The number of hydrogen-bond acceptors (Lipinski definition) is 4. The lowest BCUT2D eigenvalue weighted by Gasteiger charge is -2.16. The van der Waals surface area contributed by atoms with Gasteiger partial charge in [0.15, 0.2) is 0 Å². The van der Waals surface area contributed by atoms with Crippen molar-refractivity contribution in [2.45, 2.75) is 6.92 Å². The van der Waals surface area contributed by atoms with Crippen molar-refractivity contribution in [2.24, 2.45) is 17.6 Å². The van der Waals surface area contributed by atoms with Crippen molar-refractivity contribution < 1.29 is 9.59 Å². The number of hydrogen-bond donors (Lipinski definition) is 1. The molecule has 0 aliphatic carbocycles. The van der Waals surface area contributed by atoms with E-state index in [2.05, 4.69) is 9.97 Å². The number of carbonyl (C=O) groups excluding carboxylic acids is 2. The maximum absolute atomic E-state index is 12.7. The Morgan fingerprint density at radius 2 is 1.92 bits per heavy atom. The molecule has 0 radical (unpaired) electrons. The molecule has 1 aromatic carbocycles. The SMILES string of the molecule is C[C@@H]1CN(C(=O)c2ccc(-n3cnc4ccccc43)nc2)C[C@H]1C(N)=O. The van der Waals surface area contributed by atoms with Gasteiger partial charge in [0.25, 0.3) is 5.91 Å². The van der Waals surface area contributed by atoms with E-state index in [0.717, 1.165) is 11.0 Å². The molecule has 0 saturated carbocycles. The zero-order valence-electron chi connectivity index (χ0n) is 14.4. The zero-order chi connectivity index (χ0) is 18.3. The van der Waals surface area contributed by atoms with E-state index >= 15 is 0 Å². The summed E-state index contributed by atoms with van der Waals surface area (Å²) in [5, 5.41) is 0. The minimum atomic E-state index is -0.353. The van der Waals surface area contributed by atoms with E-state index < -0.39 is 0 Å². The Morgan fingerprint density at radius 3 is 2.62 bits per heavy atom. The van der Waals surface area contributed by atoms with Crippen LogP contribution in [0.1, 0.15) is 17.3 Å². The third-order valence-electron chi connectivity index (χ3n) is 4.96. The Morgan fingerprint density at radius 1 is 1.12 bits per heavy atom. The molecule has 1 aliphatic heterocycles. The van der Waals surface area contributed by atoms with Crippen LogP contribution in [0.15, 0.2) is 48.9 Å². The number of rotatable bonds is 3. The van der Waals surface area contributed by atoms with Crippen molar-refractivity contribution in [1.82, 2.24) is 19.4 Å². The van der Waals surface area contributed by atoms with Crippen LogP contribution in [-0.4, -0.2) is 44.3 Å². The molecule has 2 N–H and O–H groups in total. The lowest BCUT2D eigenvalue weighted by molar-refractivity contribution is -0.122. The molecule has 1 fully saturated rings. The predicted octanol–water partition coefficient (Wildman–Crippen LogP) is 1.61. The van der Waals surface area contributed by atoms with E-state index in [4.69, 9.17) is 5.73 Å². The first kappa shape index (κ1) is 16.3. The summed E-state index contributed by atoms with van der Waals surface area (Å²) in [6.45, 7) is 2.83. The predicted molar refractivity (Wildman–Crippen MR) is 96.6 cm³/mol. The molecule has 7 nitrogen and oxygen atoms in total. The molecule has 2 aromatic heterocycles. The van der Waals surface area contributed by atoms with Crippen LogP contribution in [0.3, 0.4) is 0 Å². The van der Waals surface area contributed by atoms with E-state index in [-0.39, 0.29) is 23.7 Å². The molecule has 0 unspecified atom stereocenters. The number of pyridine rings is 1. The van der Waals surface area contributed by atoms with Crippen LogP contribution in [0.5, 0.6) is 0 Å². The molecular weight excluding hydrogens is 330 g/mol. The number of benzene rings is 1. The van der Waals surface area contributed by atoms with Crippen LogP contribution < -0.4 is 5.73 Å². The van der Waals surface area contributed by atoms with Gasteiger partial charge in [0.1, 0.15) is 12.1 Å². The van der Waals surface area contributed by atoms with Crippen LogP contribution in [0.4, 0.5) is 0 Å². The fourth-order valence-electron chi connectivity index (χ4n) is 3.48. The van der Waals surface area contributed by atoms with Gasteiger partial charge in [-0.3, -0.25) is 14.2 Å². The normalized spacial score (nSPS) is 19.8. The number of nitrogens with two attached hydrogens (primary N) is 1. The van der Waals surface area contributed by atoms with E-state index in [1.807, 2.05) is 35.8 Å². The van der Waals surface area contributed by atoms with E-state index in [0.29, 0.717) is 24.5 Å². The molecular formula is C19H19N5O2. The van der Waals surface area contributed by atoms with Crippen LogP contribution in [0, 0.1) is 11.8 Å². The number of nitrogens with zero attached hydrogens (tertiary/aromatic N) is 4. The molecule has 0 bridgehead atoms. The van der Waals surface area contributed by atoms with Gasteiger partial charge in [-0.1, -0.05) is 19.1 Å². The van der Waals surface area contributed by atoms with Crippen molar-refractivity contribution in [1.29, 1.82) is 0 Å². The molecule has 7 heteroatoms. The smallest absolute Gasteiger partial charge is 0.255 e. The summed E-state index contributed by atoms with van der Waals surface area (Å²) >= 11 is 0. The van der Waals surface area contributed by atoms with E-state index in [9.17, 15) is 9.59 Å². The summed E-state index contributed by atoms with van der Waals surface area (Å²) in [7, 11) is 0. The molecule has 1 aliphatic rings. The van der Waals surface area contributed by atoms with Crippen LogP contribution >= 0.6 is 0 Å². The van der Waals surface area contributed by atoms with Gasteiger partial charge in [-0.15, -0.1) is 0 Å². The summed E-state index contributed by atoms with van der Waals surface area (Å²) in [6.07, 6.45) is 3.28. The standard InChI is InChI=1S/C19H19N5O2/c1-12-9-23(10-14(12)18(20)25)19(26)13-6-7-17(21-8-13)24-11-22-15-4-2-3-5-16(15)24/h2-8,11-12,14H,9-10H2,1H3,(H2,20,25)/t12-,14-/m1/s1. The molecule has 2 amide bonds. The molecule has 132 valence electrons. The lowest BCUT2D eigenvalue weighted by atomic mass is 9.98. The van der Waals surface area contributed by atoms with E-state index in [1.54, 1.807) is 29.6 Å². The van der Waals surface area contributed by atoms with Crippen molar-refractivity contribution in [3.63, 3.8) is 0 Å². The highest BCUT2D eigenvalue weighted by Crippen LogP contribution is 2.24. The quantitative estimate of drug-likeness (QED) is 0.777. The van der Waals surface area contributed by atoms with Crippen molar-refractivity contribution in [3.8, 4) is 5.82 Å². The fourth-order valence-corrected chi connectivity index (χ4v) is 3.48. The lowest BCUT2D eigenvalue weighted by Crippen LogP contribution is -2.32. The summed E-state index contributed by atoms with van der Waals surface area (Å²) in [4.78, 5) is 34.6. The largest absolute Gasteiger partial charge is 0.369 e. The average molecular weight is 349 g/mol. The van der Waals surface area contributed by atoms with Gasteiger partial charge < -0.3 is 10.6 Å². The Labute approximate surface area is 150 Å². The first-order valence-corrected chi connectivity index (χ1v) is 8.51. The highest BCUT2D eigenvalue weighted by molar-refractivity contribution is 5.95. The van der Waals surface area contributed by atoms with Gasteiger partial charge in [-0.25, -0.2) is 9.97 Å². The molecule has 3 heterocycles. The fraction of sp³-hybridized carbons (Fsp3) is 0.263. The highest BCUT2D eigenvalue weighted by Gasteiger charge is 2.36. The third kappa shape index (κ3) is 2.71. The second-order valence-corrected chi connectivity index (χ2v) is 6.70. The molecule has 0 spiro atoms. The van der Waals surface area contributed by atoms with Crippen molar-refractivity contribution >= 4 is 22.8 Å². The topological polar surface area (TPSA) is 94.1 Å². The minimum Gasteiger partial charge on any atom is -0.369 e. The summed E-state index contributed by atoms with van der Waals surface area (Å²) in [5.41, 5.74) is 7.75. The maximum Gasteiger partial charge on any atom is 0.255 e. The number of imidazole rings is 1. The van der Waals surface area contributed by atoms with Crippen LogP contribution in [-0.2, 0) is 4.79 Å². The number of likely N-dealkylation sites (tertiary alicyclic amines) is 1. The molecule has 2 atom stereocenters. The molecule has 1 saturated heterocycles. The second-order valence-electron chi connectivity index (χ2n) is 6.70. The van der Waals surface area contributed by atoms with Gasteiger partial charge in [0, 0.05) is 19.3 Å². The average Bonchev–Trinajstić information content (AvgIpc) is 3.25. The van der Waals surface area contributed by atoms with Gasteiger partial charge >= 0.3 is 0 Å². The van der Waals surface area contributed by atoms with Gasteiger partial charge in [-0.05, 0) is 30.2 Å². The van der Waals surface area contributed by atoms with Crippen molar-refractivity contribution in [2.75, 3.05) is 13.1 Å². The van der Waals surface area contributed by atoms with Crippen molar-refractivity contribution in [3.05, 3.63) is 54.5 Å². The second kappa shape index (κ2) is 6.25. The minimum absolute atomic E-state index is 0.0704. The summed E-state index contributed by atoms with van der Waals surface area (Å²) in [6, 6.07) is 11.3. The monoisotopic (exact) mass is 349 g/mol. The summed E-state index contributed by atoms with van der Waals surface area (Å²) < 4.78 is 1.88. The van der Waals surface area contributed by atoms with Gasteiger partial charge in [0.05, 0.1) is 22.5 Å². The Balaban J connectivity index is 1.56. The van der Waals surface area contributed by atoms with Gasteiger partial charge in [0.2, 0.25) is 5.91 Å². The third-order valence-corrected chi connectivity index (χ3v) is 4.96. The number of primary amides is 1. The Hall–Kier alpha value is -3.22. The van der Waals surface area contributed by atoms with E-state index in [1.165, 1.54) is 0 Å². The zero-order valence-corrected chi connectivity index (χ0v) is 14.4. The number of aromatic nitrogens is 3. The van der Waals surface area contributed by atoms with Gasteiger partial charge in [-0.2, -0.15) is 0 Å². The number of carbonyl (C=O) groups is 2. The molecule has 26 heavy (non-hydrogen) atoms. The number of para-hydroxylation sites is 2. The maximum atomic E-state index is 12.7. The number of fused-ring (bicyclic) bond motifs is 1. The Bertz CT molecular complexity index is 979. The van der Waals surface area contributed by atoms with Crippen LogP contribution in [0.2, 0.25) is 0 Å².